The molecule has 5 nitrogen and oxygen atoms in total. The number of benzene rings is 1. The van der Waals surface area contributed by atoms with E-state index in [1.165, 1.54) is 12.8 Å². The minimum Gasteiger partial charge on any atom is -0.490 e. The minimum atomic E-state index is -0.617. The van der Waals surface area contributed by atoms with Crippen LogP contribution in [0, 0.1) is 11.3 Å². The van der Waals surface area contributed by atoms with Crippen LogP contribution in [0.1, 0.15) is 46.0 Å². The fourth-order valence-electron chi connectivity index (χ4n) is 3.72. The van der Waals surface area contributed by atoms with E-state index in [-0.39, 0.29) is 11.8 Å². The second-order valence-electron chi connectivity index (χ2n) is 7.96. The van der Waals surface area contributed by atoms with Gasteiger partial charge in [-0.2, -0.15) is 0 Å². The third-order valence-corrected chi connectivity index (χ3v) is 5.21. The Bertz CT molecular complexity index is 705. The molecule has 1 aliphatic carbocycles. The van der Waals surface area contributed by atoms with Crippen LogP contribution in [-0.4, -0.2) is 25.0 Å². The molecule has 2 aliphatic rings. The van der Waals surface area contributed by atoms with Crippen LogP contribution in [0.2, 0.25) is 0 Å². The van der Waals surface area contributed by atoms with E-state index in [2.05, 4.69) is 11.9 Å². The van der Waals surface area contributed by atoms with Crippen molar-refractivity contribution in [2.24, 2.45) is 11.3 Å². The van der Waals surface area contributed by atoms with Gasteiger partial charge in [-0.15, -0.1) is 6.58 Å². The van der Waals surface area contributed by atoms with Gasteiger partial charge in [-0.25, -0.2) is 0 Å². The van der Waals surface area contributed by atoms with E-state index in [4.69, 9.17) is 4.74 Å². The fraction of sp³-hybridized carbons (Fsp3) is 0.524. The van der Waals surface area contributed by atoms with Crippen molar-refractivity contribution < 1.29 is 14.3 Å². The normalized spacial score (nSPS) is 19.5. The van der Waals surface area contributed by atoms with Gasteiger partial charge in [0, 0.05) is 24.7 Å². The van der Waals surface area contributed by atoms with Crippen molar-refractivity contribution in [1.82, 2.24) is 0 Å². The summed E-state index contributed by atoms with van der Waals surface area (Å²) in [5, 5.41) is 2.98. The molecule has 0 unspecified atom stereocenters. The van der Waals surface area contributed by atoms with Crippen LogP contribution < -0.4 is 15.0 Å². The van der Waals surface area contributed by atoms with E-state index in [0.717, 1.165) is 12.8 Å². The molecule has 2 amide bonds. The molecular formula is C21H28N2O3. The Morgan fingerprint density at radius 3 is 2.81 bits per heavy atom. The highest BCUT2D eigenvalue weighted by Gasteiger charge is 2.37. The molecule has 1 saturated carbocycles. The predicted octanol–water partition coefficient (Wildman–Crippen LogP) is 4.14. The van der Waals surface area contributed by atoms with Gasteiger partial charge in [-0.3, -0.25) is 9.59 Å². The molecule has 0 aromatic heterocycles. The lowest BCUT2D eigenvalue weighted by atomic mass is 9.93. The number of ether oxygens (including phenoxy) is 1. The summed E-state index contributed by atoms with van der Waals surface area (Å²) in [6.07, 6.45) is 7.04. The molecule has 0 saturated heterocycles. The average molecular weight is 356 g/mol. The second-order valence-corrected chi connectivity index (χ2v) is 7.96. The Labute approximate surface area is 155 Å². The summed E-state index contributed by atoms with van der Waals surface area (Å²) >= 11 is 0. The Balaban J connectivity index is 1.78. The molecule has 140 valence electrons. The van der Waals surface area contributed by atoms with Gasteiger partial charge in [0.05, 0.1) is 11.1 Å². The van der Waals surface area contributed by atoms with E-state index in [0.29, 0.717) is 42.6 Å². The first kappa shape index (κ1) is 18.5. The van der Waals surface area contributed by atoms with Crippen LogP contribution in [0.4, 0.5) is 11.4 Å². The van der Waals surface area contributed by atoms with Crippen molar-refractivity contribution >= 4 is 23.2 Å². The summed E-state index contributed by atoms with van der Waals surface area (Å²) in [5.74, 6) is 1.18. The standard InChI is InChI=1S/C21H28N2O3/c1-4-11-23-17-10-9-16(22-19(24)12-15-7-5-6-8-15)13-18(17)26-14-21(2,3)20(23)25/h4,9-10,13,15H,1,5-8,11-12,14H2,2-3H3,(H,22,24). The number of carbonyl (C=O) groups is 2. The van der Waals surface area contributed by atoms with E-state index in [9.17, 15) is 9.59 Å². The van der Waals surface area contributed by atoms with Gasteiger partial charge < -0.3 is 15.0 Å². The molecule has 26 heavy (non-hydrogen) atoms. The highest BCUT2D eigenvalue weighted by molar-refractivity contribution is 6.00. The summed E-state index contributed by atoms with van der Waals surface area (Å²) in [6.45, 7) is 8.23. The van der Waals surface area contributed by atoms with Crippen molar-refractivity contribution in [3.63, 3.8) is 0 Å². The number of amides is 2. The monoisotopic (exact) mass is 356 g/mol. The Hall–Kier alpha value is -2.30. The quantitative estimate of drug-likeness (QED) is 0.807. The molecule has 5 heteroatoms. The SMILES string of the molecule is C=CCN1C(=O)C(C)(C)COc2cc(NC(=O)CC3CCCC3)ccc21. The number of nitrogens with one attached hydrogen (secondary N) is 1. The Morgan fingerprint density at radius 2 is 2.12 bits per heavy atom. The zero-order valence-electron chi connectivity index (χ0n) is 15.7. The number of rotatable bonds is 5. The maximum absolute atomic E-state index is 12.8. The van der Waals surface area contributed by atoms with Crippen LogP contribution in [0.15, 0.2) is 30.9 Å². The lowest BCUT2D eigenvalue weighted by Gasteiger charge is -2.27. The van der Waals surface area contributed by atoms with E-state index in [1.807, 2.05) is 32.0 Å². The first-order chi connectivity index (χ1) is 12.4. The molecule has 1 fully saturated rings. The number of hydrogen-bond donors (Lipinski definition) is 1. The molecule has 0 bridgehead atoms. The summed E-state index contributed by atoms with van der Waals surface area (Å²) in [4.78, 5) is 26.8. The van der Waals surface area contributed by atoms with Crippen LogP contribution in [-0.2, 0) is 9.59 Å². The maximum Gasteiger partial charge on any atom is 0.236 e. The summed E-state index contributed by atoms with van der Waals surface area (Å²) in [6, 6.07) is 5.48. The van der Waals surface area contributed by atoms with Gasteiger partial charge in [-0.05, 0) is 44.7 Å². The van der Waals surface area contributed by atoms with Gasteiger partial charge in [-0.1, -0.05) is 18.9 Å². The van der Waals surface area contributed by atoms with Crippen LogP contribution in [0.25, 0.3) is 0 Å². The molecule has 1 heterocycles. The first-order valence-corrected chi connectivity index (χ1v) is 9.40. The predicted molar refractivity (Wildman–Crippen MR) is 103 cm³/mol. The lowest BCUT2D eigenvalue weighted by molar-refractivity contribution is -0.127. The summed E-state index contributed by atoms with van der Waals surface area (Å²) in [7, 11) is 0. The number of fused-ring (bicyclic) bond motifs is 1. The third-order valence-electron chi connectivity index (χ3n) is 5.21. The van der Waals surface area contributed by atoms with Crippen molar-refractivity contribution in [2.75, 3.05) is 23.4 Å². The molecule has 0 radical (unpaired) electrons. The van der Waals surface area contributed by atoms with Crippen molar-refractivity contribution in [3.05, 3.63) is 30.9 Å². The Morgan fingerprint density at radius 1 is 1.38 bits per heavy atom. The molecule has 3 rings (SSSR count). The molecule has 0 spiro atoms. The van der Waals surface area contributed by atoms with Gasteiger partial charge >= 0.3 is 0 Å². The highest BCUT2D eigenvalue weighted by Crippen LogP contribution is 2.38. The Kier molecular flexibility index (Phi) is 5.35. The van der Waals surface area contributed by atoms with Crippen molar-refractivity contribution in [1.29, 1.82) is 0 Å². The van der Waals surface area contributed by atoms with E-state index >= 15 is 0 Å². The zero-order valence-corrected chi connectivity index (χ0v) is 15.7. The topological polar surface area (TPSA) is 58.6 Å². The molecular weight excluding hydrogens is 328 g/mol. The molecule has 1 aromatic rings. The van der Waals surface area contributed by atoms with Crippen molar-refractivity contribution in [2.45, 2.75) is 46.0 Å². The molecule has 1 aliphatic heterocycles. The van der Waals surface area contributed by atoms with Crippen LogP contribution in [0.3, 0.4) is 0 Å². The summed E-state index contributed by atoms with van der Waals surface area (Å²) < 4.78 is 5.92. The van der Waals surface area contributed by atoms with Crippen LogP contribution >= 0.6 is 0 Å². The minimum absolute atomic E-state index is 0.00849. The lowest BCUT2D eigenvalue weighted by Crippen LogP contribution is -2.42. The van der Waals surface area contributed by atoms with Crippen LogP contribution in [0.5, 0.6) is 5.75 Å². The second kappa shape index (κ2) is 7.52. The molecule has 1 aromatic carbocycles. The number of carbonyl (C=O) groups excluding carboxylic acids is 2. The van der Waals surface area contributed by atoms with Gasteiger partial charge in [0.15, 0.2) is 0 Å². The van der Waals surface area contributed by atoms with E-state index < -0.39 is 5.41 Å². The third kappa shape index (κ3) is 3.92. The van der Waals surface area contributed by atoms with Gasteiger partial charge in [0.2, 0.25) is 11.8 Å². The van der Waals surface area contributed by atoms with E-state index in [1.54, 1.807) is 11.0 Å². The zero-order chi connectivity index (χ0) is 18.7. The largest absolute Gasteiger partial charge is 0.490 e. The van der Waals surface area contributed by atoms with Gasteiger partial charge in [0.25, 0.3) is 0 Å². The van der Waals surface area contributed by atoms with Crippen molar-refractivity contribution in [3.8, 4) is 5.75 Å². The fourth-order valence-corrected chi connectivity index (χ4v) is 3.72. The molecule has 0 atom stereocenters. The number of hydrogen-bond acceptors (Lipinski definition) is 3. The number of anilines is 2. The maximum atomic E-state index is 12.8. The first-order valence-electron chi connectivity index (χ1n) is 9.40. The smallest absolute Gasteiger partial charge is 0.236 e. The highest BCUT2D eigenvalue weighted by atomic mass is 16.5. The van der Waals surface area contributed by atoms with Gasteiger partial charge in [0.1, 0.15) is 12.4 Å². The summed E-state index contributed by atoms with van der Waals surface area (Å²) in [5.41, 5.74) is 0.806. The molecule has 1 N–H and O–H groups in total. The average Bonchev–Trinajstić information content (AvgIpc) is 3.07. The number of nitrogens with zero attached hydrogens (tertiary/aromatic N) is 1.